The highest BCUT2D eigenvalue weighted by Crippen LogP contribution is 2.27. The smallest absolute Gasteiger partial charge is 0.290 e. The van der Waals surface area contributed by atoms with Gasteiger partial charge in [0.15, 0.2) is 0 Å². The maximum atomic E-state index is 13.3. The third-order valence-electron chi connectivity index (χ3n) is 11.1. The van der Waals surface area contributed by atoms with Crippen molar-refractivity contribution in [3.63, 3.8) is 0 Å². The minimum absolute atomic E-state index is 0.125. The molecule has 0 atom stereocenters. The lowest BCUT2D eigenvalue weighted by Gasteiger charge is -2.13. The van der Waals surface area contributed by atoms with Crippen molar-refractivity contribution in [2.24, 2.45) is 0 Å². The second-order valence-electron chi connectivity index (χ2n) is 15.9. The first-order valence-electron chi connectivity index (χ1n) is 23.2. The molecule has 4 heterocycles. The lowest BCUT2D eigenvalue weighted by atomic mass is 10.1. The molecule has 0 aliphatic rings. The number of nitrogens with one attached hydrogen (secondary N) is 3. The third-order valence-corrected chi connectivity index (χ3v) is 11.1. The molecule has 0 unspecified atom stereocenters. The summed E-state index contributed by atoms with van der Waals surface area (Å²) in [5.74, 6) is -0.358. The van der Waals surface area contributed by atoms with Crippen LogP contribution in [0.5, 0.6) is 0 Å². The van der Waals surface area contributed by atoms with Crippen LogP contribution in [0, 0.1) is 5.82 Å². The zero-order valence-electron chi connectivity index (χ0n) is 39.4. The van der Waals surface area contributed by atoms with E-state index in [-0.39, 0.29) is 22.5 Å². The van der Waals surface area contributed by atoms with Crippen molar-refractivity contribution in [1.82, 2.24) is 34.3 Å². The maximum absolute atomic E-state index is 13.3. The number of nitrogens with zero attached hydrogens (tertiary/aromatic N) is 7. The first kappa shape index (κ1) is 48.2. The third kappa shape index (κ3) is 12.1. The van der Waals surface area contributed by atoms with E-state index in [0.717, 1.165) is 50.2 Å². The zero-order valence-corrected chi connectivity index (χ0v) is 39.4. The highest BCUT2D eigenvalue weighted by atomic mass is 19.1. The number of aromatic nitrogens is 7. The van der Waals surface area contributed by atoms with Crippen LogP contribution >= 0.6 is 0 Å². The van der Waals surface area contributed by atoms with Gasteiger partial charge in [0.1, 0.15) is 22.9 Å². The van der Waals surface area contributed by atoms with E-state index >= 15 is 0 Å². The molecule has 71 heavy (non-hydrogen) atoms. The van der Waals surface area contributed by atoms with Crippen LogP contribution in [0.1, 0.15) is 20.8 Å². The van der Waals surface area contributed by atoms with Gasteiger partial charge in [-0.15, -0.1) is 0 Å². The topological polar surface area (TPSA) is 154 Å². The summed E-state index contributed by atoms with van der Waals surface area (Å²) in [7, 11) is 0. The van der Waals surface area contributed by atoms with Crippen LogP contribution < -0.4 is 32.6 Å². The summed E-state index contributed by atoms with van der Waals surface area (Å²) in [6, 6.07) is 58.4. The van der Waals surface area contributed by atoms with Gasteiger partial charge < -0.3 is 16.0 Å². The Morgan fingerprint density at radius 1 is 0.423 bits per heavy atom. The van der Waals surface area contributed by atoms with Crippen molar-refractivity contribution in [2.45, 2.75) is 40.4 Å². The zero-order chi connectivity index (χ0) is 49.5. The molecule has 0 amide bonds. The molecular formula is C57H51FN10O3. The van der Waals surface area contributed by atoms with Gasteiger partial charge in [-0.3, -0.25) is 19.4 Å². The molecule has 4 aromatic heterocycles. The number of anilines is 6. The average molecular weight is 943 g/mol. The Morgan fingerprint density at radius 3 is 1.31 bits per heavy atom. The molecule has 10 rings (SSSR count). The van der Waals surface area contributed by atoms with Gasteiger partial charge in [-0.2, -0.15) is 15.3 Å². The van der Waals surface area contributed by atoms with E-state index in [1.807, 2.05) is 154 Å². The number of halogens is 1. The molecule has 0 saturated heterocycles. The fourth-order valence-corrected chi connectivity index (χ4v) is 7.58. The molecule has 0 aliphatic heterocycles. The number of fused-ring (bicyclic) bond motifs is 1. The highest BCUT2D eigenvalue weighted by Gasteiger charge is 2.13. The summed E-state index contributed by atoms with van der Waals surface area (Å²) < 4.78 is 17.7. The highest BCUT2D eigenvalue weighted by molar-refractivity contribution is 5.95. The quantitative estimate of drug-likeness (QED) is 0.108. The minimum Gasteiger partial charge on any atom is -0.351 e. The molecule has 13 nitrogen and oxygen atoms in total. The number of benzene rings is 6. The van der Waals surface area contributed by atoms with E-state index in [1.165, 1.54) is 26.2 Å². The molecule has 0 saturated carbocycles. The minimum atomic E-state index is -0.358. The van der Waals surface area contributed by atoms with E-state index in [0.29, 0.717) is 48.1 Å². The Kier molecular flexibility index (Phi) is 15.7. The number of hydrogen-bond donors (Lipinski definition) is 3. The SMILES string of the molecule is CCn1nc(-c2ccccc2)cc(Nc2cccc(F)c2)c1=O.CCn1nc(-c2ccccc2)cc(Nc2cccc3ccccc23)c1=O.CCn1nc(-c2ccccc2)cc(Nc2cccnc2)c1=O. The molecule has 354 valence electrons. The lowest BCUT2D eigenvalue weighted by molar-refractivity contribution is 0.620. The van der Waals surface area contributed by atoms with Gasteiger partial charge in [0.2, 0.25) is 0 Å². The van der Waals surface area contributed by atoms with Crippen molar-refractivity contribution < 1.29 is 4.39 Å². The summed E-state index contributed by atoms with van der Waals surface area (Å²) in [6.45, 7) is 7.17. The van der Waals surface area contributed by atoms with Gasteiger partial charge in [-0.05, 0) is 80.8 Å². The first-order valence-corrected chi connectivity index (χ1v) is 23.2. The average Bonchev–Trinajstić information content (AvgIpc) is 3.42. The maximum Gasteiger partial charge on any atom is 0.290 e. The van der Waals surface area contributed by atoms with E-state index in [2.05, 4.69) is 54.4 Å². The second-order valence-corrected chi connectivity index (χ2v) is 15.9. The van der Waals surface area contributed by atoms with Gasteiger partial charge in [0.05, 0.1) is 29.0 Å². The van der Waals surface area contributed by atoms with Crippen LogP contribution in [0.25, 0.3) is 44.5 Å². The molecular weight excluding hydrogens is 892 g/mol. The Morgan fingerprint density at radius 2 is 0.845 bits per heavy atom. The van der Waals surface area contributed by atoms with Crippen molar-refractivity contribution in [2.75, 3.05) is 16.0 Å². The van der Waals surface area contributed by atoms with Crippen molar-refractivity contribution >= 4 is 44.9 Å². The van der Waals surface area contributed by atoms with Crippen LogP contribution in [0.3, 0.4) is 0 Å². The monoisotopic (exact) mass is 942 g/mol. The Balaban J connectivity index is 0.000000143. The van der Waals surface area contributed by atoms with Crippen LogP contribution in [-0.4, -0.2) is 34.3 Å². The summed E-state index contributed by atoms with van der Waals surface area (Å²) >= 11 is 0. The molecule has 14 heteroatoms. The number of pyridine rings is 1. The predicted octanol–water partition coefficient (Wildman–Crippen LogP) is 11.7. The van der Waals surface area contributed by atoms with E-state index < -0.39 is 0 Å². The van der Waals surface area contributed by atoms with Crippen LogP contribution in [0.2, 0.25) is 0 Å². The molecule has 0 fully saturated rings. The van der Waals surface area contributed by atoms with Crippen molar-refractivity contribution in [3.05, 3.63) is 237 Å². The molecule has 6 aromatic carbocycles. The molecule has 0 bridgehead atoms. The summed E-state index contributed by atoms with van der Waals surface area (Å²) in [5.41, 5.74) is 8.16. The van der Waals surface area contributed by atoms with Crippen LogP contribution in [0.4, 0.5) is 38.5 Å². The first-order chi connectivity index (χ1) is 34.7. The van der Waals surface area contributed by atoms with E-state index in [9.17, 15) is 18.8 Å². The Hall–Kier alpha value is -9.30. The van der Waals surface area contributed by atoms with Crippen molar-refractivity contribution in [1.29, 1.82) is 0 Å². The number of aryl methyl sites for hydroxylation is 3. The molecule has 0 aliphatic carbocycles. The van der Waals surface area contributed by atoms with E-state index in [1.54, 1.807) is 36.7 Å². The summed E-state index contributed by atoms with van der Waals surface area (Å²) in [6.07, 6.45) is 3.37. The fraction of sp³-hybridized carbons (Fsp3) is 0.105. The Bertz CT molecular complexity index is 3550. The van der Waals surface area contributed by atoms with Gasteiger partial charge in [0, 0.05) is 59.3 Å². The van der Waals surface area contributed by atoms with Gasteiger partial charge in [-0.25, -0.2) is 18.4 Å². The Labute approximate surface area is 409 Å². The fourth-order valence-electron chi connectivity index (χ4n) is 7.58. The largest absolute Gasteiger partial charge is 0.351 e. The predicted molar refractivity (Wildman–Crippen MR) is 283 cm³/mol. The molecule has 0 spiro atoms. The van der Waals surface area contributed by atoms with Crippen molar-refractivity contribution in [3.8, 4) is 33.8 Å². The van der Waals surface area contributed by atoms with Gasteiger partial charge in [-0.1, -0.05) is 133 Å². The number of rotatable bonds is 12. The molecule has 0 radical (unpaired) electrons. The van der Waals surface area contributed by atoms with Gasteiger partial charge in [0.25, 0.3) is 16.7 Å². The lowest BCUT2D eigenvalue weighted by Crippen LogP contribution is -2.24. The summed E-state index contributed by atoms with van der Waals surface area (Å²) in [5, 5.41) is 24.9. The normalized spacial score (nSPS) is 10.6. The van der Waals surface area contributed by atoms with Crippen LogP contribution in [0.15, 0.2) is 215 Å². The second kappa shape index (κ2) is 23.1. The van der Waals surface area contributed by atoms with Gasteiger partial charge >= 0.3 is 0 Å². The molecule has 3 N–H and O–H groups in total. The summed E-state index contributed by atoms with van der Waals surface area (Å²) in [4.78, 5) is 41.6. The number of hydrogen-bond acceptors (Lipinski definition) is 10. The van der Waals surface area contributed by atoms with E-state index in [4.69, 9.17) is 0 Å². The standard InChI is InChI=1S/C22H19N3O.C18H16FN3O.C17H16N4O/c1-2-25-22(26)21(15-20(24-25)17-10-4-3-5-11-17)23-19-14-8-12-16-9-6-7-13-18(16)19;1-2-22-18(23)17(20-15-10-6-9-14(19)11-15)12-16(21-22)13-7-4-3-5-8-13;1-2-21-17(22)16(19-14-9-6-10-18-12-14)11-15(20-21)13-7-4-3-5-8-13/h3-15,23H,2H2,1H3;3-12,20H,2H2,1H3;3-12,19H,2H2,1H3. The van der Waals surface area contributed by atoms with Crippen LogP contribution in [-0.2, 0) is 19.6 Å². The molecule has 10 aromatic rings.